The van der Waals surface area contributed by atoms with E-state index in [0.717, 1.165) is 12.8 Å². The average molecular weight is 252 g/mol. The zero-order valence-corrected chi connectivity index (χ0v) is 10.6. The highest BCUT2D eigenvalue weighted by Crippen LogP contribution is 2.23. The molecule has 1 heterocycles. The second-order valence-electron chi connectivity index (χ2n) is 4.30. The zero-order chi connectivity index (χ0) is 12.3. The summed E-state index contributed by atoms with van der Waals surface area (Å²) in [5, 5.41) is 6.41. The summed E-state index contributed by atoms with van der Waals surface area (Å²) in [6, 6.07) is 3.84. The van der Waals surface area contributed by atoms with Crippen LogP contribution in [-0.4, -0.2) is 17.9 Å². The molecule has 2 rings (SSSR count). The number of hydrogen-bond acceptors (Lipinski definition) is 3. The third kappa shape index (κ3) is 3.30. The topological polar surface area (TPSA) is 58.2 Å². The van der Waals surface area contributed by atoms with Crippen molar-refractivity contribution in [2.24, 2.45) is 0 Å². The van der Waals surface area contributed by atoms with Crippen LogP contribution in [0.15, 0.2) is 12.1 Å². The highest BCUT2D eigenvalue weighted by molar-refractivity contribution is 7.18. The van der Waals surface area contributed by atoms with E-state index in [-0.39, 0.29) is 11.8 Å². The Labute approximate surface area is 104 Å². The number of carbonyl (C=O) groups is 2. The van der Waals surface area contributed by atoms with Gasteiger partial charge in [0.25, 0.3) is 5.91 Å². The van der Waals surface area contributed by atoms with E-state index in [9.17, 15) is 9.59 Å². The lowest BCUT2D eigenvalue weighted by Crippen LogP contribution is -2.31. The lowest BCUT2D eigenvalue weighted by Gasteiger charge is -2.10. The molecule has 92 valence electrons. The molecule has 0 atom stereocenters. The van der Waals surface area contributed by atoms with E-state index in [1.165, 1.54) is 31.1 Å². The van der Waals surface area contributed by atoms with E-state index in [1.54, 1.807) is 12.1 Å². The zero-order valence-electron chi connectivity index (χ0n) is 9.79. The van der Waals surface area contributed by atoms with Crippen LogP contribution in [0.2, 0.25) is 0 Å². The van der Waals surface area contributed by atoms with Gasteiger partial charge in [-0.05, 0) is 25.0 Å². The Morgan fingerprint density at radius 1 is 1.29 bits per heavy atom. The summed E-state index contributed by atoms with van der Waals surface area (Å²) in [5.41, 5.74) is 0. The standard InChI is InChI=1S/C12H16N2O2S/c1-8(15)13-11-7-6-10(17-11)12(16)14-9-4-2-3-5-9/h6-7,9H,2-5H2,1H3,(H,13,15)(H,14,16). The van der Waals surface area contributed by atoms with E-state index in [0.29, 0.717) is 15.9 Å². The molecule has 5 heteroatoms. The first-order valence-electron chi connectivity index (χ1n) is 5.83. The molecular weight excluding hydrogens is 236 g/mol. The van der Waals surface area contributed by atoms with Crippen LogP contribution in [0.3, 0.4) is 0 Å². The molecule has 2 N–H and O–H groups in total. The summed E-state index contributed by atoms with van der Waals surface area (Å²) in [6.07, 6.45) is 4.56. The van der Waals surface area contributed by atoms with Gasteiger partial charge in [0.05, 0.1) is 9.88 Å². The molecule has 0 radical (unpaired) electrons. The molecule has 0 saturated heterocycles. The highest BCUT2D eigenvalue weighted by Gasteiger charge is 2.18. The van der Waals surface area contributed by atoms with Gasteiger partial charge >= 0.3 is 0 Å². The van der Waals surface area contributed by atoms with Crippen molar-refractivity contribution in [1.82, 2.24) is 5.32 Å². The minimum atomic E-state index is -0.116. The Balaban J connectivity index is 1.94. The maximum atomic E-state index is 11.9. The third-order valence-electron chi connectivity index (χ3n) is 2.82. The van der Waals surface area contributed by atoms with Gasteiger partial charge in [0.1, 0.15) is 0 Å². The first kappa shape index (κ1) is 12.1. The normalized spacial score (nSPS) is 15.8. The van der Waals surface area contributed by atoms with Gasteiger partial charge in [0.2, 0.25) is 5.91 Å². The number of anilines is 1. The highest BCUT2D eigenvalue weighted by atomic mass is 32.1. The van der Waals surface area contributed by atoms with Crippen molar-refractivity contribution in [1.29, 1.82) is 0 Å². The van der Waals surface area contributed by atoms with E-state index in [2.05, 4.69) is 10.6 Å². The summed E-state index contributed by atoms with van der Waals surface area (Å²) in [5.74, 6) is -0.145. The van der Waals surface area contributed by atoms with Gasteiger partial charge in [-0.1, -0.05) is 12.8 Å². The molecule has 0 spiro atoms. The van der Waals surface area contributed by atoms with Crippen molar-refractivity contribution in [2.75, 3.05) is 5.32 Å². The molecule has 0 unspecified atom stereocenters. The van der Waals surface area contributed by atoms with E-state index < -0.39 is 0 Å². The quantitative estimate of drug-likeness (QED) is 0.867. The van der Waals surface area contributed by atoms with Crippen molar-refractivity contribution in [2.45, 2.75) is 38.6 Å². The molecular formula is C12H16N2O2S. The van der Waals surface area contributed by atoms with E-state index >= 15 is 0 Å². The minimum Gasteiger partial charge on any atom is -0.349 e. The predicted molar refractivity (Wildman–Crippen MR) is 68.3 cm³/mol. The van der Waals surface area contributed by atoms with Gasteiger partial charge in [-0.2, -0.15) is 0 Å². The summed E-state index contributed by atoms with van der Waals surface area (Å²) in [4.78, 5) is 23.4. The van der Waals surface area contributed by atoms with Gasteiger partial charge < -0.3 is 10.6 Å². The Bertz CT molecular complexity index is 422. The third-order valence-corrected chi connectivity index (χ3v) is 3.82. The molecule has 2 amide bonds. The Hall–Kier alpha value is -1.36. The fourth-order valence-corrected chi connectivity index (χ4v) is 2.88. The van der Waals surface area contributed by atoms with Crippen LogP contribution in [0.25, 0.3) is 0 Å². The lowest BCUT2D eigenvalue weighted by molar-refractivity contribution is -0.114. The fraction of sp³-hybridized carbons (Fsp3) is 0.500. The first-order chi connectivity index (χ1) is 8.15. The van der Waals surface area contributed by atoms with Crippen molar-refractivity contribution in [3.63, 3.8) is 0 Å². The Kier molecular flexibility index (Phi) is 3.78. The molecule has 0 aliphatic heterocycles. The molecule has 1 aromatic rings. The molecule has 0 bridgehead atoms. The molecule has 0 aromatic carbocycles. The van der Waals surface area contributed by atoms with Crippen molar-refractivity contribution < 1.29 is 9.59 Å². The number of thiophene rings is 1. The summed E-state index contributed by atoms with van der Waals surface area (Å²) < 4.78 is 0. The molecule has 1 saturated carbocycles. The van der Waals surface area contributed by atoms with Crippen LogP contribution in [0.5, 0.6) is 0 Å². The van der Waals surface area contributed by atoms with Gasteiger partial charge in [0.15, 0.2) is 0 Å². The van der Waals surface area contributed by atoms with Crippen LogP contribution in [0.4, 0.5) is 5.00 Å². The maximum Gasteiger partial charge on any atom is 0.261 e. The van der Waals surface area contributed by atoms with Crippen LogP contribution in [0, 0.1) is 0 Å². The van der Waals surface area contributed by atoms with Gasteiger partial charge in [0, 0.05) is 13.0 Å². The lowest BCUT2D eigenvalue weighted by atomic mass is 10.2. The first-order valence-corrected chi connectivity index (χ1v) is 6.65. The maximum absolute atomic E-state index is 11.9. The fourth-order valence-electron chi connectivity index (χ4n) is 2.03. The number of carbonyl (C=O) groups excluding carboxylic acids is 2. The SMILES string of the molecule is CC(=O)Nc1ccc(C(=O)NC2CCCC2)s1. The van der Waals surface area contributed by atoms with Crippen molar-refractivity contribution in [3.05, 3.63) is 17.0 Å². The monoisotopic (exact) mass is 252 g/mol. The number of amides is 2. The average Bonchev–Trinajstić information content (AvgIpc) is 2.87. The van der Waals surface area contributed by atoms with Gasteiger partial charge in [-0.3, -0.25) is 9.59 Å². The second-order valence-corrected chi connectivity index (χ2v) is 5.38. The number of rotatable bonds is 3. The van der Waals surface area contributed by atoms with Crippen LogP contribution in [-0.2, 0) is 4.79 Å². The summed E-state index contributed by atoms with van der Waals surface area (Å²) in [6.45, 7) is 1.46. The molecule has 1 aliphatic carbocycles. The van der Waals surface area contributed by atoms with Crippen molar-refractivity contribution in [3.8, 4) is 0 Å². The van der Waals surface area contributed by atoms with Gasteiger partial charge in [-0.15, -0.1) is 11.3 Å². The number of nitrogens with one attached hydrogen (secondary N) is 2. The largest absolute Gasteiger partial charge is 0.349 e. The molecule has 17 heavy (non-hydrogen) atoms. The Morgan fingerprint density at radius 2 is 2.00 bits per heavy atom. The van der Waals surface area contributed by atoms with E-state index in [4.69, 9.17) is 0 Å². The Morgan fingerprint density at radius 3 is 2.65 bits per heavy atom. The number of hydrogen-bond donors (Lipinski definition) is 2. The molecule has 1 fully saturated rings. The van der Waals surface area contributed by atoms with Crippen LogP contribution in [0.1, 0.15) is 42.3 Å². The second kappa shape index (κ2) is 5.31. The molecule has 1 aliphatic rings. The minimum absolute atomic E-state index is 0.0292. The predicted octanol–water partition coefficient (Wildman–Crippen LogP) is 2.38. The van der Waals surface area contributed by atoms with Crippen LogP contribution < -0.4 is 10.6 Å². The van der Waals surface area contributed by atoms with E-state index in [1.807, 2.05) is 0 Å². The summed E-state index contributed by atoms with van der Waals surface area (Å²) in [7, 11) is 0. The molecule has 4 nitrogen and oxygen atoms in total. The smallest absolute Gasteiger partial charge is 0.261 e. The molecule has 1 aromatic heterocycles. The van der Waals surface area contributed by atoms with Crippen LogP contribution >= 0.6 is 11.3 Å². The summed E-state index contributed by atoms with van der Waals surface area (Å²) >= 11 is 1.31. The van der Waals surface area contributed by atoms with Crippen molar-refractivity contribution >= 4 is 28.2 Å². The van der Waals surface area contributed by atoms with Gasteiger partial charge in [-0.25, -0.2) is 0 Å².